The predicted molar refractivity (Wildman–Crippen MR) is 78.4 cm³/mol. The summed E-state index contributed by atoms with van der Waals surface area (Å²) >= 11 is 0. The smallest absolute Gasteiger partial charge is 0.167 e. The standard InChI is InChI=1S/C17H14O5/c1-8-16(20)12(19)7-10-15-11(18)5-9(13-3-2-4-21-13)6-14(15)22-17(8)10/h2-4,7,9,19-20H,5-6H2,1H3. The molecule has 2 N–H and O–H groups in total. The van der Waals surface area contributed by atoms with Crippen molar-refractivity contribution in [2.24, 2.45) is 0 Å². The molecule has 3 aromatic rings. The zero-order chi connectivity index (χ0) is 15.4. The van der Waals surface area contributed by atoms with Crippen LogP contribution in [0.2, 0.25) is 0 Å². The molecule has 2 aromatic heterocycles. The summed E-state index contributed by atoms with van der Waals surface area (Å²) in [5.41, 5.74) is 1.40. The monoisotopic (exact) mass is 298 g/mol. The second-order valence-electron chi connectivity index (χ2n) is 5.69. The van der Waals surface area contributed by atoms with Gasteiger partial charge in [0.1, 0.15) is 17.1 Å². The topological polar surface area (TPSA) is 83.8 Å². The molecule has 1 atom stereocenters. The fraction of sp³-hybridized carbons (Fsp3) is 0.235. The average Bonchev–Trinajstić information content (AvgIpc) is 3.12. The van der Waals surface area contributed by atoms with E-state index in [0.29, 0.717) is 40.7 Å². The van der Waals surface area contributed by atoms with Crippen LogP contribution in [0.25, 0.3) is 11.0 Å². The Bertz CT molecular complexity index is 886. The molecule has 0 saturated heterocycles. The van der Waals surface area contributed by atoms with E-state index in [4.69, 9.17) is 8.83 Å². The Morgan fingerprint density at radius 2 is 2.09 bits per heavy atom. The number of Topliss-reactive ketones (excluding diaryl/α,β-unsaturated/α-hetero) is 1. The number of phenols is 2. The van der Waals surface area contributed by atoms with Gasteiger partial charge >= 0.3 is 0 Å². The van der Waals surface area contributed by atoms with E-state index in [1.54, 1.807) is 19.3 Å². The normalized spacial score (nSPS) is 17.9. The number of aryl methyl sites for hydroxylation is 1. The second-order valence-corrected chi connectivity index (χ2v) is 5.69. The molecule has 0 aliphatic heterocycles. The van der Waals surface area contributed by atoms with E-state index in [1.165, 1.54) is 6.07 Å². The van der Waals surface area contributed by atoms with Crippen LogP contribution in [0, 0.1) is 6.92 Å². The summed E-state index contributed by atoms with van der Waals surface area (Å²) in [5.74, 6) is 0.815. The van der Waals surface area contributed by atoms with Gasteiger partial charge in [-0.15, -0.1) is 0 Å². The summed E-state index contributed by atoms with van der Waals surface area (Å²) in [6.07, 6.45) is 2.49. The van der Waals surface area contributed by atoms with Crippen molar-refractivity contribution >= 4 is 16.8 Å². The van der Waals surface area contributed by atoms with Crippen LogP contribution < -0.4 is 0 Å². The predicted octanol–water partition coefficient (Wildman–Crippen LogP) is 3.66. The number of aromatic hydroxyl groups is 2. The van der Waals surface area contributed by atoms with Crippen LogP contribution in [-0.2, 0) is 6.42 Å². The van der Waals surface area contributed by atoms with Crippen molar-refractivity contribution in [3.05, 3.63) is 47.1 Å². The first kappa shape index (κ1) is 13.0. The van der Waals surface area contributed by atoms with E-state index < -0.39 is 0 Å². The number of fused-ring (bicyclic) bond motifs is 3. The zero-order valence-corrected chi connectivity index (χ0v) is 11.9. The molecule has 22 heavy (non-hydrogen) atoms. The number of carbonyl (C=O) groups is 1. The molecule has 1 aromatic carbocycles. The minimum absolute atomic E-state index is 0.0362. The quantitative estimate of drug-likeness (QED) is 0.670. The van der Waals surface area contributed by atoms with E-state index in [-0.39, 0.29) is 23.2 Å². The van der Waals surface area contributed by atoms with Crippen LogP contribution in [0.4, 0.5) is 0 Å². The summed E-state index contributed by atoms with van der Waals surface area (Å²) in [6, 6.07) is 5.05. The molecule has 0 amide bonds. The molecule has 1 aliphatic rings. The van der Waals surface area contributed by atoms with Crippen LogP contribution in [0.15, 0.2) is 33.3 Å². The van der Waals surface area contributed by atoms with Gasteiger partial charge in [0, 0.05) is 29.7 Å². The molecule has 0 spiro atoms. The fourth-order valence-corrected chi connectivity index (χ4v) is 3.21. The summed E-state index contributed by atoms with van der Waals surface area (Å²) in [7, 11) is 0. The molecule has 0 bridgehead atoms. The maximum absolute atomic E-state index is 12.5. The van der Waals surface area contributed by atoms with Crippen molar-refractivity contribution < 1.29 is 23.8 Å². The Balaban J connectivity index is 1.90. The summed E-state index contributed by atoms with van der Waals surface area (Å²) in [6.45, 7) is 1.65. The molecule has 0 radical (unpaired) electrons. The van der Waals surface area contributed by atoms with Gasteiger partial charge in [-0.2, -0.15) is 0 Å². The van der Waals surface area contributed by atoms with E-state index in [2.05, 4.69) is 0 Å². The van der Waals surface area contributed by atoms with Gasteiger partial charge in [-0.25, -0.2) is 0 Å². The second kappa shape index (κ2) is 4.40. The molecule has 2 heterocycles. The molecule has 1 aliphatic carbocycles. The first-order chi connectivity index (χ1) is 10.6. The Morgan fingerprint density at radius 3 is 2.82 bits per heavy atom. The Morgan fingerprint density at radius 1 is 1.27 bits per heavy atom. The number of carbonyl (C=O) groups excluding carboxylic acids is 1. The van der Waals surface area contributed by atoms with Crippen molar-refractivity contribution in [3.63, 3.8) is 0 Å². The van der Waals surface area contributed by atoms with Crippen LogP contribution in [-0.4, -0.2) is 16.0 Å². The number of hydrogen-bond acceptors (Lipinski definition) is 5. The highest BCUT2D eigenvalue weighted by molar-refractivity contribution is 6.10. The van der Waals surface area contributed by atoms with Gasteiger partial charge in [0.25, 0.3) is 0 Å². The van der Waals surface area contributed by atoms with Gasteiger partial charge in [-0.1, -0.05) is 0 Å². The van der Waals surface area contributed by atoms with Crippen LogP contribution in [0.5, 0.6) is 11.5 Å². The van der Waals surface area contributed by atoms with Gasteiger partial charge < -0.3 is 19.0 Å². The SMILES string of the molecule is Cc1c(O)c(O)cc2c3c(oc12)CC(c1ccco1)CC3=O. The lowest BCUT2D eigenvalue weighted by Crippen LogP contribution is -2.17. The van der Waals surface area contributed by atoms with E-state index >= 15 is 0 Å². The van der Waals surface area contributed by atoms with Crippen LogP contribution in [0.1, 0.15) is 39.8 Å². The van der Waals surface area contributed by atoms with E-state index in [9.17, 15) is 15.0 Å². The molecular weight excluding hydrogens is 284 g/mol. The van der Waals surface area contributed by atoms with Crippen molar-refractivity contribution in [1.82, 2.24) is 0 Å². The summed E-state index contributed by atoms with van der Waals surface area (Å²) < 4.78 is 11.2. The molecule has 4 rings (SSSR count). The lowest BCUT2D eigenvalue weighted by molar-refractivity contribution is 0.0958. The molecule has 112 valence electrons. The van der Waals surface area contributed by atoms with Crippen LogP contribution >= 0.6 is 0 Å². The minimum atomic E-state index is -0.241. The highest BCUT2D eigenvalue weighted by atomic mass is 16.3. The first-order valence-corrected chi connectivity index (χ1v) is 7.09. The van der Waals surface area contributed by atoms with Crippen molar-refractivity contribution in [2.45, 2.75) is 25.7 Å². The van der Waals surface area contributed by atoms with Gasteiger partial charge in [0.15, 0.2) is 17.3 Å². The van der Waals surface area contributed by atoms with Crippen LogP contribution in [0.3, 0.4) is 0 Å². The fourth-order valence-electron chi connectivity index (χ4n) is 3.21. The molecular formula is C17H14O5. The number of furan rings is 2. The number of benzene rings is 1. The zero-order valence-electron chi connectivity index (χ0n) is 11.9. The molecule has 5 heteroatoms. The first-order valence-electron chi connectivity index (χ1n) is 7.09. The third-order valence-corrected chi connectivity index (χ3v) is 4.33. The van der Waals surface area contributed by atoms with Gasteiger partial charge in [0.05, 0.1) is 11.8 Å². The highest BCUT2D eigenvalue weighted by Crippen LogP contribution is 2.43. The third kappa shape index (κ3) is 1.68. The third-order valence-electron chi connectivity index (χ3n) is 4.33. The average molecular weight is 298 g/mol. The van der Waals surface area contributed by atoms with Crippen molar-refractivity contribution in [2.75, 3.05) is 0 Å². The molecule has 1 unspecified atom stereocenters. The van der Waals surface area contributed by atoms with Crippen molar-refractivity contribution in [1.29, 1.82) is 0 Å². The minimum Gasteiger partial charge on any atom is -0.504 e. The van der Waals surface area contributed by atoms with Gasteiger partial charge in [-0.05, 0) is 25.1 Å². The Hall–Kier alpha value is -2.69. The molecule has 0 fully saturated rings. The number of ketones is 1. The highest BCUT2D eigenvalue weighted by Gasteiger charge is 2.33. The number of hydrogen-bond donors (Lipinski definition) is 2. The molecule has 0 saturated carbocycles. The van der Waals surface area contributed by atoms with Gasteiger partial charge in [0.2, 0.25) is 0 Å². The largest absolute Gasteiger partial charge is 0.504 e. The Labute approximate surface area is 125 Å². The van der Waals surface area contributed by atoms with E-state index in [0.717, 1.165) is 5.76 Å². The molecule has 5 nitrogen and oxygen atoms in total. The lowest BCUT2D eigenvalue weighted by Gasteiger charge is -2.18. The van der Waals surface area contributed by atoms with E-state index in [1.807, 2.05) is 6.07 Å². The summed E-state index contributed by atoms with van der Waals surface area (Å²) in [5, 5.41) is 20.2. The number of rotatable bonds is 1. The summed E-state index contributed by atoms with van der Waals surface area (Å²) in [4.78, 5) is 12.5. The lowest BCUT2D eigenvalue weighted by atomic mass is 9.84. The Kier molecular flexibility index (Phi) is 2.60. The van der Waals surface area contributed by atoms with Crippen molar-refractivity contribution in [3.8, 4) is 11.5 Å². The van der Waals surface area contributed by atoms with Gasteiger partial charge in [-0.3, -0.25) is 4.79 Å². The maximum atomic E-state index is 12.5. The number of phenolic OH excluding ortho intramolecular Hbond substituents is 2. The maximum Gasteiger partial charge on any atom is 0.167 e.